The monoisotopic (exact) mass is 619 g/mol. The Morgan fingerprint density at radius 1 is 0.927 bits per heavy atom. The molecular formula is C30H35Cl2N3O5S. The molecule has 0 unspecified atom stereocenters. The van der Waals surface area contributed by atoms with Crippen LogP contribution >= 0.6 is 23.2 Å². The minimum Gasteiger partial charge on any atom is -0.497 e. The summed E-state index contributed by atoms with van der Waals surface area (Å²) >= 11 is 12.5. The number of carbonyl (C=O) groups is 2. The Kier molecular flexibility index (Phi) is 11.5. The highest BCUT2D eigenvalue weighted by Crippen LogP contribution is 2.30. The highest BCUT2D eigenvalue weighted by atomic mass is 35.5. The van der Waals surface area contributed by atoms with Crippen LogP contribution in [0.15, 0.2) is 77.7 Å². The molecule has 2 atom stereocenters. The Morgan fingerprint density at radius 2 is 1.54 bits per heavy atom. The summed E-state index contributed by atoms with van der Waals surface area (Å²) in [6, 6.07) is 18.3. The van der Waals surface area contributed by atoms with E-state index in [1.54, 1.807) is 49.6 Å². The van der Waals surface area contributed by atoms with E-state index in [1.807, 2.05) is 20.8 Å². The molecule has 3 aromatic carbocycles. The zero-order valence-corrected chi connectivity index (χ0v) is 25.8. The van der Waals surface area contributed by atoms with Gasteiger partial charge in [0.1, 0.15) is 18.3 Å². The summed E-state index contributed by atoms with van der Waals surface area (Å²) in [5, 5.41) is 3.38. The highest BCUT2D eigenvalue weighted by Gasteiger charge is 2.34. The Morgan fingerprint density at radius 3 is 2.07 bits per heavy atom. The van der Waals surface area contributed by atoms with Crippen molar-refractivity contribution >= 4 is 50.7 Å². The summed E-state index contributed by atoms with van der Waals surface area (Å²) in [4.78, 5) is 28.9. The van der Waals surface area contributed by atoms with Gasteiger partial charge in [-0.3, -0.25) is 13.9 Å². The molecule has 3 aromatic rings. The second-order valence-electron chi connectivity index (χ2n) is 9.56. The summed E-state index contributed by atoms with van der Waals surface area (Å²) in [6.07, 6.45) is 1.03. The van der Waals surface area contributed by atoms with Crippen molar-refractivity contribution < 1.29 is 22.7 Å². The van der Waals surface area contributed by atoms with Crippen LogP contribution in [0.1, 0.15) is 39.2 Å². The van der Waals surface area contributed by atoms with E-state index in [4.69, 9.17) is 27.9 Å². The SMILES string of the molecule is CC[C@@H](C)NC(=O)[C@@H](CC)N(Cc1ccc(OC)cc1)C(=O)CN(c1cc(Cl)cc(Cl)c1)S(=O)(=O)c1ccccc1. The number of amides is 2. The van der Waals surface area contributed by atoms with Crippen LogP contribution in [-0.4, -0.2) is 50.9 Å². The lowest BCUT2D eigenvalue weighted by atomic mass is 10.1. The van der Waals surface area contributed by atoms with Crippen LogP contribution in [0.4, 0.5) is 5.69 Å². The van der Waals surface area contributed by atoms with E-state index < -0.39 is 28.5 Å². The van der Waals surface area contributed by atoms with Gasteiger partial charge in [0, 0.05) is 22.6 Å². The molecule has 0 saturated heterocycles. The molecule has 0 aliphatic rings. The minimum absolute atomic E-state index is 0.00726. The molecule has 41 heavy (non-hydrogen) atoms. The molecule has 0 heterocycles. The van der Waals surface area contributed by atoms with Gasteiger partial charge in [-0.1, -0.05) is 67.4 Å². The normalized spacial score (nSPS) is 12.7. The number of ether oxygens (including phenoxy) is 1. The van der Waals surface area contributed by atoms with Crippen molar-refractivity contribution in [1.29, 1.82) is 0 Å². The fourth-order valence-corrected chi connectivity index (χ4v) is 6.15. The van der Waals surface area contributed by atoms with Gasteiger partial charge in [0.15, 0.2) is 0 Å². The number of anilines is 1. The summed E-state index contributed by atoms with van der Waals surface area (Å²) in [7, 11) is -2.67. The Hall–Kier alpha value is -3.27. The van der Waals surface area contributed by atoms with Crippen molar-refractivity contribution in [1.82, 2.24) is 10.2 Å². The first kappa shape index (κ1) is 32.2. The second kappa shape index (κ2) is 14.6. The van der Waals surface area contributed by atoms with E-state index in [9.17, 15) is 18.0 Å². The Labute approximate surface area is 252 Å². The third-order valence-electron chi connectivity index (χ3n) is 6.64. The largest absolute Gasteiger partial charge is 0.497 e. The number of nitrogens with one attached hydrogen (secondary N) is 1. The molecule has 0 aromatic heterocycles. The molecule has 0 aliphatic carbocycles. The van der Waals surface area contributed by atoms with E-state index in [-0.39, 0.29) is 39.1 Å². The van der Waals surface area contributed by atoms with Crippen LogP contribution in [0.2, 0.25) is 10.0 Å². The van der Waals surface area contributed by atoms with Crippen molar-refractivity contribution in [3.63, 3.8) is 0 Å². The fraction of sp³-hybridized carbons (Fsp3) is 0.333. The van der Waals surface area contributed by atoms with Gasteiger partial charge in [-0.2, -0.15) is 0 Å². The van der Waals surface area contributed by atoms with Crippen LogP contribution in [0, 0.1) is 0 Å². The number of benzene rings is 3. The predicted octanol–water partition coefficient (Wildman–Crippen LogP) is 5.92. The molecular weight excluding hydrogens is 585 g/mol. The van der Waals surface area contributed by atoms with E-state index in [0.29, 0.717) is 18.6 Å². The summed E-state index contributed by atoms with van der Waals surface area (Å²) in [5.74, 6) is -0.235. The highest BCUT2D eigenvalue weighted by molar-refractivity contribution is 7.92. The van der Waals surface area contributed by atoms with Crippen molar-refractivity contribution in [2.24, 2.45) is 0 Å². The first-order chi connectivity index (χ1) is 19.5. The van der Waals surface area contributed by atoms with Crippen LogP contribution in [-0.2, 0) is 26.2 Å². The quantitative estimate of drug-likeness (QED) is 0.256. The lowest BCUT2D eigenvalue weighted by Crippen LogP contribution is -2.53. The molecule has 0 fully saturated rings. The van der Waals surface area contributed by atoms with Crippen molar-refractivity contribution in [3.8, 4) is 5.75 Å². The maximum absolute atomic E-state index is 14.1. The molecule has 11 heteroatoms. The first-order valence-electron chi connectivity index (χ1n) is 13.3. The van der Waals surface area contributed by atoms with Gasteiger partial charge in [0.05, 0.1) is 17.7 Å². The minimum atomic E-state index is -4.22. The van der Waals surface area contributed by atoms with Crippen LogP contribution in [0.3, 0.4) is 0 Å². The summed E-state index contributed by atoms with van der Waals surface area (Å²) in [6.45, 7) is 5.14. The van der Waals surface area contributed by atoms with Crippen molar-refractivity contribution in [2.75, 3.05) is 18.0 Å². The van der Waals surface area contributed by atoms with Crippen LogP contribution < -0.4 is 14.4 Å². The molecule has 8 nitrogen and oxygen atoms in total. The number of rotatable bonds is 13. The molecule has 220 valence electrons. The average Bonchev–Trinajstić information content (AvgIpc) is 2.95. The first-order valence-corrected chi connectivity index (χ1v) is 15.5. The van der Waals surface area contributed by atoms with Crippen LogP contribution in [0.25, 0.3) is 0 Å². The maximum Gasteiger partial charge on any atom is 0.264 e. The Bertz CT molecular complexity index is 1420. The van der Waals surface area contributed by atoms with Crippen LogP contribution in [0.5, 0.6) is 5.75 Å². The zero-order valence-electron chi connectivity index (χ0n) is 23.5. The lowest BCUT2D eigenvalue weighted by Gasteiger charge is -2.33. The smallest absolute Gasteiger partial charge is 0.264 e. The molecule has 0 aliphatic heterocycles. The average molecular weight is 621 g/mol. The van der Waals surface area contributed by atoms with E-state index in [2.05, 4.69) is 5.32 Å². The molecule has 0 saturated carbocycles. The number of halogens is 2. The number of nitrogens with zero attached hydrogens (tertiary/aromatic N) is 2. The Balaban J connectivity index is 2.07. The molecule has 0 radical (unpaired) electrons. The summed E-state index contributed by atoms with van der Waals surface area (Å²) in [5.41, 5.74) is 0.874. The van der Waals surface area contributed by atoms with Crippen molar-refractivity contribution in [2.45, 2.75) is 57.1 Å². The van der Waals surface area contributed by atoms with Gasteiger partial charge in [0.25, 0.3) is 10.0 Å². The summed E-state index contributed by atoms with van der Waals surface area (Å²) < 4.78 is 34.0. The van der Waals surface area contributed by atoms with Crippen molar-refractivity contribution in [3.05, 3.63) is 88.4 Å². The van der Waals surface area contributed by atoms with Gasteiger partial charge < -0.3 is 15.0 Å². The standard InChI is InChI=1S/C30H35Cl2N3O5S/c1-5-21(3)33-30(37)28(6-2)34(19-22-12-14-26(40-4)15-13-22)29(36)20-35(25-17-23(31)16-24(32)18-25)41(38,39)27-10-8-7-9-11-27/h7-18,21,28H,5-6,19-20H2,1-4H3,(H,33,37)/t21-,28-/m1/s1. The predicted molar refractivity (Wildman–Crippen MR) is 163 cm³/mol. The molecule has 0 spiro atoms. The van der Waals surface area contributed by atoms with E-state index in [0.717, 1.165) is 9.87 Å². The molecule has 3 rings (SSSR count). The van der Waals surface area contributed by atoms with Gasteiger partial charge in [0.2, 0.25) is 11.8 Å². The van der Waals surface area contributed by atoms with E-state index >= 15 is 0 Å². The zero-order chi connectivity index (χ0) is 30.2. The maximum atomic E-state index is 14.1. The lowest BCUT2D eigenvalue weighted by molar-refractivity contribution is -0.140. The molecule has 2 amide bonds. The van der Waals surface area contributed by atoms with Gasteiger partial charge in [-0.15, -0.1) is 0 Å². The third-order valence-corrected chi connectivity index (χ3v) is 8.87. The molecule has 1 N–H and O–H groups in total. The third kappa shape index (κ3) is 8.38. The number of hydrogen-bond donors (Lipinski definition) is 1. The fourth-order valence-electron chi connectivity index (χ4n) is 4.22. The number of hydrogen-bond acceptors (Lipinski definition) is 5. The van der Waals surface area contributed by atoms with Gasteiger partial charge >= 0.3 is 0 Å². The van der Waals surface area contributed by atoms with Gasteiger partial charge in [-0.25, -0.2) is 8.42 Å². The second-order valence-corrected chi connectivity index (χ2v) is 12.3. The van der Waals surface area contributed by atoms with Gasteiger partial charge in [-0.05, 0) is 67.8 Å². The topological polar surface area (TPSA) is 96.0 Å². The van der Waals surface area contributed by atoms with E-state index in [1.165, 1.54) is 35.2 Å². The molecule has 0 bridgehead atoms. The number of sulfonamides is 1. The number of methoxy groups -OCH3 is 1. The number of carbonyl (C=O) groups excluding carboxylic acids is 2.